The largest absolute Gasteiger partial charge is 0.422 e. The Morgan fingerprint density at radius 2 is 1.22 bits per heavy atom. The van der Waals surface area contributed by atoms with Gasteiger partial charge in [-0.2, -0.15) is 13.2 Å². The average Bonchev–Trinajstić information content (AvgIpc) is 2.60. The second-order valence-corrected chi connectivity index (χ2v) is 10.0. The van der Waals surface area contributed by atoms with Crippen LogP contribution >= 0.6 is 22.6 Å². The summed E-state index contributed by atoms with van der Waals surface area (Å²) in [6.45, 7) is 0. The van der Waals surface area contributed by atoms with Gasteiger partial charge >= 0.3 is 6.18 Å². The van der Waals surface area contributed by atoms with Crippen molar-refractivity contribution in [1.29, 1.82) is 0 Å². The predicted molar refractivity (Wildman–Crippen MR) is 105 cm³/mol. The van der Waals surface area contributed by atoms with Crippen LogP contribution in [0.15, 0.2) is 12.1 Å². The number of hydrogen-bond acceptors (Lipinski definition) is 0. The number of alkyl halides is 4. The minimum absolute atomic E-state index is 0.0398. The SMILES string of the molecule is Fc1cc(C2CCC(CCC3CCC(I)CC3)CC2)cc(F)c1C(F)(F)F. The van der Waals surface area contributed by atoms with Crippen LogP contribution in [-0.4, -0.2) is 3.92 Å². The van der Waals surface area contributed by atoms with Gasteiger partial charge in [0.1, 0.15) is 17.2 Å². The molecule has 0 nitrogen and oxygen atoms in total. The highest BCUT2D eigenvalue weighted by Crippen LogP contribution is 2.41. The second-order valence-electron chi connectivity index (χ2n) is 8.27. The molecule has 0 aliphatic heterocycles. The lowest BCUT2D eigenvalue weighted by atomic mass is 9.75. The monoisotopic (exact) mass is 500 g/mol. The van der Waals surface area contributed by atoms with Crippen molar-refractivity contribution in [1.82, 2.24) is 0 Å². The topological polar surface area (TPSA) is 0 Å². The molecule has 1 aromatic carbocycles. The Morgan fingerprint density at radius 3 is 1.67 bits per heavy atom. The fourth-order valence-corrected chi connectivity index (χ4v) is 5.48. The van der Waals surface area contributed by atoms with Crippen molar-refractivity contribution < 1.29 is 22.0 Å². The van der Waals surface area contributed by atoms with Crippen LogP contribution in [0.4, 0.5) is 22.0 Å². The van der Waals surface area contributed by atoms with Crippen molar-refractivity contribution in [2.45, 2.75) is 80.2 Å². The van der Waals surface area contributed by atoms with E-state index >= 15 is 0 Å². The van der Waals surface area contributed by atoms with Crippen LogP contribution in [0.1, 0.15) is 81.3 Å². The van der Waals surface area contributed by atoms with E-state index in [-0.39, 0.29) is 5.92 Å². The molecule has 0 amide bonds. The Hall–Kier alpha value is -0.400. The van der Waals surface area contributed by atoms with E-state index in [1.54, 1.807) is 0 Å². The molecule has 2 fully saturated rings. The first-order valence-electron chi connectivity index (χ1n) is 9.94. The molecule has 2 aliphatic rings. The van der Waals surface area contributed by atoms with Crippen LogP contribution in [-0.2, 0) is 6.18 Å². The van der Waals surface area contributed by atoms with Gasteiger partial charge in [-0.25, -0.2) is 8.78 Å². The molecular weight excluding hydrogens is 474 g/mol. The van der Waals surface area contributed by atoms with Gasteiger partial charge in [0.15, 0.2) is 0 Å². The molecule has 152 valence electrons. The van der Waals surface area contributed by atoms with Crippen molar-refractivity contribution in [3.8, 4) is 0 Å². The molecule has 2 aliphatic carbocycles. The summed E-state index contributed by atoms with van der Waals surface area (Å²) >= 11 is 2.54. The third kappa shape index (κ3) is 5.57. The molecule has 0 N–H and O–H groups in total. The third-order valence-corrected chi connectivity index (χ3v) is 7.67. The summed E-state index contributed by atoms with van der Waals surface area (Å²) < 4.78 is 66.6. The number of halogens is 6. The zero-order chi connectivity index (χ0) is 19.6. The molecule has 0 bridgehead atoms. The highest BCUT2D eigenvalue weighted by molar-refractivity contribution is 14.1. The summed E-state index contributed by atoms with van der Waals surface area (Å²) in [5.41, 5.74) is -1.40. The molecule has 3 rings (SSSR count). The summed E-state index contributed by atoms with van der Waals surface area (Å²) in [4.78, 5) is 0. The minimum Gasteiger partial charge on any atom is -0.206 e. The summed E-state index contributed by atoms with van der Waals surface area (Å²) in [5.74, 6) is -1.55. The van der Waals surface area contributed by atoms with Gasteiger partial charge in [0, 0.05) is 3.92 Å². The van der Waals surface area contributed by atoms with E-state index in [1.807, 2.05) is 0 Å². The van der Waals surface area contributed by atoms with Gasteiger partial charge in [0.25, 0.3) is 0 Å². The molecule has 0 aromatic heterocycles. The minimum atomic E-state index is -5.00. The molecule has 0 spiro atoms. The van der Waals surface area contributed by atoms with E-state index in [2.05, 4.69) is 22.6 Å². The maximum Gasteiger partial charge on any atom is 0.422 e. The summed E-state index contributed by atoms with van der Waals surface area (Å²) in [5, 5.41) is 0. The lowest BCUT2D eigenvalue weighted by Gasteiger charge is -2.31. The molecule has 0 unspecified atom stereocenters. The zero-order valence-corrected chi connectivity index (χ0v) is 17.5. The Balaban J connectivity index is 1.52. The fraction of sp³-hybridized carbons (Fsp3) is 0.714. The summed E-state index contributed by atoms with van der Waals surface area (Å²) in [7, 11) is 0. The van der Waals surface area contributed by atoms with Gasteiger partial charge in [0.2, 0.25) is 0 Å². The molecule has 6 heteroatoms. The Labute approximate surface area is 171 Å². The lowest BCUT2D eigenvalue weighted by Crippen LogP contribution is -2.18. The van der Waals surface area contributed by atoms with Gasteiger partial charge in [-0.3, -0.25) is 0 Å². The first-order valence-corrected chi connectivity index (χ1v) is 11.2. The highest BCUT2D eigenvalue weighted by atomic mass is 127. The first-order chi connectivity index (χ1) is 12.7. The van der Waals surface area contributed by atoms with Crippen LogP contribution in [0, 0.1) is 23.5 Å². The van der Waals surface area contributed by atoms with Crippen LogP contribution in [0.5, 0.6) is 0 Å². The molecule has 27 heavy (non-hydrogen) atoms. The Bertz CT molecular complexity index is 603. The number of hydrogen-bond donors (Lipinski definition) is 0. The van der Waals surface area contributed by atoms with Crippen LogP contribution < -0.4 is 0 Å². The van der Waals surface area contributed by atoms with Gasteiger partial charge in [0.05, 0.1) is 0 Å². The molecule has 0 radical (unpaired) electrons. The van der Waals surface area contributed by atoms with E-state index < -0.39 is 23.4 Å². The second kappa shape index (κ2) is 8.95. The predicted octanol–water partition coefficient (Wildman–Crippen LogP) is 8.03. The van der Waals surface area contributed by atoms with E-state index in [0.29, 0.717) is 11.5 Å². The smallest absolute Gasteiger partial charge is 0.206 e. The lowest BCUT2D eigenvalue weighted by molar-refractivity contribution is -0.142. The van der Waals surface area contributed by atoms with E-state index in [1.165, 1.54) is 38.5 Å². The number of benzene rings is 1. The third-order valence-electron chi connectivity index (χ3n) is 6.43. The Morgan fingerprint density at radius 1 is 0.778 bits per heavy atom. The van der Waals surface area contributed by atoms with Crippen LogP contribution in [0.2, 0.25) is 0 Å². The normalized spacial score (nSPS) is 29.7. The van der Waals surface area contributed by atoms with Gasteiger partial charge in [-0.05, 0) is 86.8 Å². The van der Waals surface area contributed by atoms with Gasteiger partial charge in [-0.15, -0.1) is 0 Å². The summed E-state index contributed by atoms with van der Waals surface area (Å²) in [6.07, 6.45) is 6.37. The van der Waals surface area contributed by atoms with Crippen LogP contribution in [0.25, 0.3) is 0 Å². The molecule has 0 saturated heterocycles. The van der Waals surface area contributed by atoms with Crippen molar-refractivity contribution in [3.63, 3.8) is 0 Å². The van der Waals surface area contributed by atoms with Crippen molar-refractivity contribution in [3.05, 3.63) is 34.9 Å². The zero-order valence-electron chi connectivity index (χ0n) is 15.3. The number of rotatable bonds is 4. The standard InChI is InChI=1S/C21H26F5I/c22-18-11-16(12-19(23)20(18)21(24,25)26)15-7-3-13(4-8-15)1-2-14-5-9-17(27)10-6-14/h11-15,17H,1-10H2. The van der Waals surface area contributed by atoms with Gasteiger partial charge in [-0.1, -0.05) is 35.4 Å². The van der Waals surface area contributed by atoms with E-state index in [0.717, 1.165) is 47.7 Å². The molecule has 2 saturated carbocycles. The fourth-order valence-electron chi connectivity index (χ4n) is 4.77. The maximum atomic E-state index is 13.8. The molecule has 0 heterocycles. The molecule has 1 aromatic rings. The van der Waals surface area contributed by atoms with Gasteiger partial charge < -0.3 is 0 Å². The average molecular weight is 500 g/mol. The maximum absolute atomic E-state index is 13.8. The first kappa shape index (κ1) is 21.3. The molecular formula is C21H26F5I. The quantitative estimate of drug-likeness (QED) is 0.223. The summed E-state index contributed by atoms with van der Waals surface area (Å²) in [6, 6.07) is 1.78. The van der Waals surface area contributed by atoms with Crippen molar-refractivity contribution in [2.24, 2.45) is 11.8 Å². The highest BCUT2D eigenvalue weighted by Gasteiger charge is 2.38. The molecule has 0 atom stereocenters. The van der Waals surface area contributed by atoms with Crippen LogP contribution in [0.3, 0.4) is 0 Å². The van der Waals surface area contributed by atoms with Crippen molar-refractivity contribution >= 4 is 22.6 Å². The van der Waals surface area contributed by atoms with E-state index in [9.17, 15) is 22.0 Å². The van der Waals surface area contributed by atoms with Crippen molar-refractivity contribution in [2.75, 3.05) is 0 Å². The Kier molecular flexibility index (Phi) is 7.07. The van der Waals surface area contributed by atoms with E-state index in [4.69, 9.17) is 0 Å².